The van der Waals surface area contributed by atoms with Gasteiger partial charge in [-0.05, 0) is 5.92 Å². The molecule has 2 atom stereocenters. The molecule has 1 amide bonds. The second-order valence-electron chi connectivity index (χ2n) is 4.51. The molecule has 0 aliphatic carbocycles. The number of nitrogens with one attached hydrogen (secondary N) is 1. The Morgan fingerprint density at radius 2 is 1.87 bits per heavy atom. The third-order valence-electron chi connectivity index (χ3n) is 2.44. The zero-order valence-electron chi connectivity index (χ0n) is 9.52. The van der Waals surface area contributed by atoms with Crippen molar-refractivity contribution in [2.45, 2.75) is 33.7 Å². The Morgan fingerprint density at radius 3 is 2.20 bits per heavy atom. The topological polar surface area (TPSA) is 66.2 Å². The Labute approximate surface area is 91.0 Å². The minimum Gasteiger partial charge on any atom is -0.274 e. The van der Waals surface area contributed by atoms with E-state index in [4.69, 9.17) is 0 Å². The fraction of sp³-hybridized carbons (Fsp3) is 0.889. The highest BCUT2D eigenvalue weighted by Gasteiger charge is 2.46. The summed E-state index contributed by atoms with van der Waals surface area (Å²) in [5.41, 5.74) is 0. The second kappa shape index (κ2) is 4.09. The number of hydrogen-bond acceptors (Lipinski definition) is 3. The molecule has 1 aliphatic heterocycles. The van der Waals surface area contributed by atoms with Gasteiger partial charge in [0.05, 0.1) is 0 Å². The molecule has 1 aliphatic rings. The van der Waals surface area contributed by atoms with Crippen molar-refractivity contribution in [3.63, 3.8) is 0 Å². The van der Waals surface area contributed by atoms with E-state index in [-0.39, 0.29) is 17.9 Å². The van der Waals surface area contributed by atoms with Crippen molar-refractivity contribution >= 4 is 16.1 Å². The number of hydrogen-bond donors (Lipinski definition) is 1. The molecule has 88 valence electrons. The van der Waals surface area contributed by atoms with E-state index >= 15 is 0 Å². The maximum atomic E-state index is 11.6. The molecule has 0 bridgehead atoms. The zero-order chi connectivity index (χ0) is 11.8. The summed E-state index contributed by atoms with van der Waals surface area (Å²) in [4.78, 5) is 11.3. The first-order valence-corrected chi connectivity index (χ1v) is 6.53. The van der Waals surface area contributed by atoms with E-state index in [0.717, 1.165) is 0 Å². The lowest BCUT2D eigenvalue weighted by Gasteiger charge is -2.10. The van der Waals surface area contributed by atoms with Gasteiger partial charge in [-0.3, -0.25) is 4.79 Å². The molecule has 0 saturated carbocycles. The van der Waals surface area contributed by atoms with Gasteiger partial charge >= 0.3 is 10.2 Å². The van der Waals surface area contributed by atoms with Crippen LogP contribution >= 0.6 is 0 Å². The maximum Gasteiger partial charge on any atom is 0.304 e. The highest BCUT2D eigenvalue weighted by Crippen LogP contribution is 2.27. The maximum absolute atomic E-state index is 11.6. The number of rotatable bonds is 4. The van der Waals surface area contributed by atoms with Crippen LogP contribution in [-0.4, -0.2) is 31.2 Å². The largest absolute Gasteiger partial charge is 0.304 e. The number of nitrogens with zero attached hydrogens (tertiary/aromatic N) is 1. The molecular formula is C9H18N2O3S. The smallest absolute Gasteiger partial charge is 0.274 e. The van der Waals surface area contributed by atoms with Gasteiger partial charge in [-0.1, -0.05) is 27.7 Å². The van der Waals surface area contributed by atoms with Gasteiger partial charge in [-0.25, -0.2) is 4.72 Å². The first-order chi connectivity index (χ1) is 6.75. The highest BCUT2D eigenvalue weighted by atomic mass is 32.2. The molecule has 0 aromatic rings. The summed E-state index contributed by atoms with van der Waals surface area (Å²) in [7, 11) is -3.59. The van der Waals surface area contributed by atoms with Crippen LogP contribution in [0.5, 0.6) is 0 Å². The van der Waals surface area contributed by atoms with Gasteiger partial charge in [0.1, 0.15) is 0 Å². The molecule has 1 heterocycles. The fourth-order valence-corrected chi connectivity index (χ4v) is 2.82. The number of carbonyl (C=O) groups is 1. The van der Waals surface area contributed by atoms with Crippen LogP contribution in [-0.2, 0) is 15.0 Å². The molecule has 0 aromatic heterocycles. The van der Waals surface area contributed by atoms with Crippen molar-refractivity contribution < 1.29 is 13.2 Å². The van der Waals surface area contributed by atoms with Crippen LogP contribution in [0.25, 0.3) is 0 Å². The molecule has 5 nitrogen and oxygen atoms in total. The fourth-order valence-electron chi connectivity index (χ4n) is 1.26. The Hall–Kier alpha value is -0.620. The lowest BCUT2D eigenvalue weighted by atomic mass is 10.1. The van der Waals surface area contributed by atoms with Crippen LogP contribution in [0, 0.1) is 11.8 Å². The molecule has 1 saturated heterocycles. The molecule has 1 unspecified atom stereocenters. The predicted molar refractivity (Wildman–Crippen MR) is 57.2 cm³/mol. The molecular weight excluding hydrogens is 216 g/mol. The summed E-state index contributed by atoms with van der Waals surface area (Å²) < 4.78 is 26.6. The molecule has 0 spiro atoms. The number of carbonyl (C=O) groups excluding carboxylic acids is 1. The third kappa shape index (κ3) is 2.92. The Morgan fingerprint density at radius 1 is 1.33 bits per heavy atom. The third-order valence-corrected chi connectivity index (χ3v) is 3.93. The molecule has 1 N–H and O–H groups in total. The van der Waals surface area contributed by atoms with E-state index in [0.29, 0.717) is 6.54 Å². The van der Waals surface area contributed by atoms with Crippen LogP contribution in [0.1, 0.15) is 27.7 Å². The summed E-state index contributed by atoms with van der Waals surface area (Å²) in [6, 6.07) is 0.0439. The minimum absolute atomic E-state index is 0.0439. The summed E-state index contributed by atoms with van der Waals surface area (Å²) in [6.45, 7) is 7.76. The monoisotopic (exact) mass is 234 g/mol. The summed E-state index contributed by atoms with van der Waals surface area (Å²) in [6.07, 6.45) is 0. The van der Waals surface area contributed by atoms with Crippen LogP contribution < -0.4 is 4.72 Å². The average molecular weight is 234 g/mol. The van der Waals surface area contributed by atoms with E-state index in [2.05, 4.69) is 4.72 Å². The van der Waals surface area contributed by atoms with Gasteiger partial charge < -0.3 is 0 Å². The van der Waals surface area contributed by atoms with Gasteiger partial charge in [0.15, 0.2) is 0 Å². The second-order valence-corrected chi connectivity index (χ2v) is 6.13. The van der Waals surface area contributed by atoms with Gasteiger partial charge in [-0.15, -0.1) is 0 Å². The first-order valence-electron chi connectivity index (χ1n) is 5.09. The predicted octanol–water partition coefficient (Wildman–Crippen LogP) is 0.344. The average Bonchev–Trinajstić information content (AvgIpc) is 2.81. The lowest BCUT2D eigenvalue weighted by Crippen LogP contribution is -2.38. The lowest BCUT2D eigenvalue weighted by molar-refractivity contribution is -0.122. The molecule has 0 aromatic carbocycles. The van der Waals surface area contributed by atoms with Gasteiger partial charge in [-0.2, -0.15) is 12.7 Å². The van der Waals surface area contributed by atoms with Crippen molar-refractivity contribution in [1.29, 1.82) is 0 Å². The quantitative estimate of drug-likeness (QED) is 0.713. The van der Waals surface area contributed by atoms with Crippen molar-refractivity contribution in [2.24, 2.45) is 11.8 Å². The van der Waals surface area contributed by atoms with Crippen molar-refractivity contribution in [2.75, 3.05) is 6.54 Å². The molecule has 1 rings (SSSR count). The van der Waals surface area contributed by atoms with Crippen LogP contribution in [0.3, 0.4) is 0 Å². The molecule has 0 radical (unpaired) electrons. The Kier molecular flexibility index (Phi) is 3.40. The SMILES string of the molecule is CC(C)C(=O)NS(=O)(=O)N1C[C@H]1C(C)C. The van der Waals surface area contributed by atoms with E-state index < -0.39 is 16.1 Å². The summed E-state index contributed by atoms with van der Waals surface area (Å²) in [5.74, 6) is -0.489. The van der Waals surface area contributed by atoms with E-state index in [1.165, 1.54) is 4.31 Å². The molecule has 6 heteroatoms. The Balaban J connectivity index is 2.59. The zero-order valence-corrected chi connectivity index (χ0v) is 10.3. The van der Waals surface area contributed by atoms with Crippen LogP contribution in [0.2, 0.25) is 0 Å². The molecule has 1 fully saturated rings. The van der Waals surface area contributed by atoms with Crippen LogP contribution in [0.4, 0.5) is 0 Å². The van der Waals surface area contributed by atoms with Crippen molar-refractivity contribution in [1.82, 2.24) is 9.03 Å². The minimum atomic E-state index is -3.59. The van der Waals surface area contributed by atoms with E-state index in [1.54, 1.807) is 13.8 Å². The highest BCUT2D eigenvalue weighted by molar-refractivity contribution is 7.88. The van der Waals surface area contributed by atoms with Crippen molar-refractivity contribution in [3.05, 3.63) is 0 Å². The van der Waals surface area contributed by atoms with Crippen LogP contribution in [0.15, 0.2) is 0 Å². The standard InChI is InChI=1S/C9H18N2O3S/c1-6(2)8-5-11(8)15(13,14)10-9(12)7(3)4/h6-8H,5H2,1-4H3,(H,10,12)/t8-,11?/m0/s1. The van der Waals surface area contributed by atoms with Gasteiger partial charge in [0.25, 0.3) is 0 Å². The molecule has 15 heavy (non-hydrogen) atoms. The van der Waals surface area contributed by atoms with Gasteiger partial charge in [0, 0.05) is 18.5 Å². The summed E-state index contributed by atoms with van der Waals surface area (Å²) >= 11 is 0. The Bertz CT molecular complexity index is 348. The number of amides is 1. The first kappa shape index (κ1) is 12.4. The van der Waals surface area contributed by atoms with E-state index in [9.17, 15) is 13.2 Å². The summed E-state index contributed by atoms with van der Waals surface area (Å²) in [5, 5.41) is 0. The normalized spacial score (nSPS) is 25.7. The van der Waals surface area contributed by atoms with Crippen molar-refractivity contribution in [3.8, 4) is 0 Å². The van der Waals surface area contributed by atoms with Gasteiger partial charge in [0.2, 0.25) is 5.91 Å². The van der Waals surface area contributed by atoms with E-state index in [1.807, 2.05) is 13.8 Å².